The highest BCUT2D eigenvalue weighted by Gasteiger charge is 2.34. The quantitative estimate of drug-likeness (QED) is 0.351. The van der Waals surface area contributed by atoms with E-state index in [0.717, 1.165) is 48.8 Å². The van der Waals surface area contributed by atoms with Crippen LogP contribution < -0.4 is 5.32 Å². The fourth-order valence-electron chi connectivity index (χ4n) is 6.11. The summed E-state index contributed by atoms with van der Waals surface area (Å²) >= 11 is 0. The van der Waals surface area contributed by atoms with Gasteiger partial charge in [-0.1, -0.05) is 49.6 Å². The van der Waals surface area contributed by atoms with Gasteiger partial charge in [-0.25, -0.2) is 13.2 Å². The van der Waals surface area contributed by atoms with Crippen LogP contribution in [0, 0.1) is 6.92 Å². The van der Waals surface area contributed by atoms with Gasteiger partial charge in [0, 0.05) is 38.1 Å². The van der Waals surface area contributed by atoms with Gasteiger partial charge >= 0.3 is 5.97 Å². The number of aryl methyl sites for hydroxylation is 1. The average molecular weight is 601 g/mol. The van der Waals surface area contributed by atoms with E-state index < -0.39 is 27.8 Å². The second-order valence-corrected chi connectivity index (χ2v) is 14.0. The molecule has 1 heterocycles. The first kappa shape index (κ1) is 32.1. The molecule has 0 spiro atoms. The normalized spacial score (nSPS) is 20.8. The van der Waals surface area contributed by atoms with E-state index in [1.54, 1.807) is 13.2 Å². The van der Waals surface area contributed by atoms with Crippen LogP contribution in [-0.2, 0) is 30.7 Å². The van der Waals surface area contributed by atoms with Gasteiger partial charge in [0.2, 0.25) is 0 Å². The number of likely N-dealkylation sites (tertiary alicyclic amines) is 1. The van der Waals surface area contributed by atoms with Crippen LogP contribution in [0.3, 0.4) is 0 Å². The number of amides is 1. The average Bonchev–Trinajstić information content (AvgIpc) is 3.31. The molecule has 2 fully saturated rings. The Labute approximate surface area is 249 Å². The second-order valence-electron chi connectivity index (χ2n) is 11.8. The molecule has 1 aliphatic heterocycles. The number of rotatable bonds is 13. The molecular formula is C32H44N2O7S. The Hall–Kier alpha value is -2.79. The number of methoxy groups -OCH3 is 1. The van der Waals surface area contributed by atoms with Crippen molar-refractivity contribution in [2.45, 2.75) is 82.7 Å². The molecular weight excluding hydrogens is 556 g/mol. The molecule has 2 unspecified atom stereocenters. The number of sulfone groups is 1. The molecule has 1 saturated heterocycles. The Morgan fingerprint density at radius 3 is 2.48 bits per heavy atom. The number of carbonyl (C=O) groups is 2. The SMILES string of the molecule is COC[C@@H]1CC(OC2CCCCC2)CN1Cc1ccc(C(=O)NC(CCS(C)(=O)=O)C(=O)O)c(-c2ccccc2C)c1. The van der Waals surface area contributed by atoms with E-state index in [4.69, 9.17) is 9.47 Å². The number of benzene rings is 2. The van der Waals surface area contributed by atoms with Gasteiger partial charge in [0.15, 0.2) is 0 Å². The number of hydrogen-bond acceptors (Lipinski definition) is 7. The molecule has 3 atom stereocenters. The smallest absolute Gasteiger partial charge is 0.326 e. The minimum atomic E-state index is -3.39. The van der Waals surface area contributed by atoms with Crippen molar-refractivity contribution in [1.82, 2.24) is 10.2 Å². The Bertz CT molecular complexity index is 1340. The molecule has 4 rings (SSSR count). The number of nitrogens with zero attached hydrogens (tertiary/aromatic N) is 1. The molecule has 0 radical (unpaired) electrons. The van der Waals surface area contributed by atoms with Crippen molar-refractivity contribution in [1.29, 1.82) is 0 Å². The van der Waals surface area contributed by atoms with E-state index in [2.05, 4.69) is 10.2 Å². The lowest BCUT2D eigenvalue weighted by Crippen LogP contribution is -2.42. The molecule has 2 aromatic carbocycles. The van der Waals surface area contributed by atoms with Crippen LogP contribution >= 0.6 is 0 Å². The molecule has 9 nitrogen and oxygen atoms in total. The number of nitrogens with one attached hydrogen (secondary N) is 1. The number of carbonyl (C=O) groups excluding carboxylic acids is 1. The fraction of sp³-hybridized carbons (Fsp3) is 0.562. The number of hydrogen-bond donors (Lipinski definition) is 2. The first-order valence-corrected chi connectivity index (χ1v) is 16.9. The molecule has 2 N–H and O–H groups in total. The fourth-order valence-corrected chi connectivity index (χ4v) is 6.78. The summed E-state index contributed by atoms with van der Waals surface area (Å²) in [6.07, 6.45) is 8.26. The van der Waals surface area contributed by atoms with Crippen molar-refractivity contribution in [3.63, 3.8) is 0 Å². The van der Waals surface area contributed by atoms with Crippen molar-refractivity contribution in [3.05, 3.63) is 59.2 Å². The van der Waals surface area contributed by atoms with E-state index in [0.29, 0.717) is 30.4 Å². The van der Waals surface area contributed by atoms with Crippen LogP contribution in [0.4, 0.5) is 0 Å². The first-order valence-electron chi connectivity index (χ1n) is 14.8. The van der Waals surface area contributed by atoms with Crippen LogP contribution in [-0.4, -0.2) is 86.9 Å². The Morgan fingerprint density at radius 2 is 1.81 bits per heavy atom. The van der Waals surface area contributed by atoms with Crippen LogP contribution in [0.5, 0.6) is 0 Å². The number of ether oxygens (including phenoxy) is 2. The predicted octanol–water partition coefficient (Wildman–Crippen LogP) is 4.22. The van der Waals surface area contributed by atoms with Crippen LogP contribution in [0.15, 0.2) is 42.5 Å². The summed E-state index contributed by atoms with van der Waals surface area (Å²) in [7, 11) is -1.67. The lowest BCUT2D eigenvalue weighted by atomic mass is 9.93. The zero-order valence-corrected chi connectivity index (χ0v) is 25.7. The Balaban J connectivity index is 1.57. The first-order chi connectivity index (χ1) is 20.0. The van der Waals surface area contributed by atoms with Crippen LogP contribution in [0.1, 0.15) is 66.4 Å². The van der Waals surface area contributed by atoms with Gasteiger partial charge in [-0.2, -0.15) is 0 Å². The molecule has 2 aliphatic rings. The summed E-state index contributed by atoms with van der Waals surface area (Å²) in [4.78, 5) is 27.7. The third kappa shape index (κ3) is 8.86. The molecule has 2 aromatic rings. The maximum absolute atomic E-state index is 13.4. The molecule has 0 bridgehead atoms. The Morgan fingerprint density at radius 1 is 1.07 bits per heavy atom. The third-order valence-electron chi connectivity index (χ3n) is 8.32. The van der Waals surface area contributed by atoms with Gasteiger partial charge < -0.3 is 19.9 Å². The van der Waals surface area contributed by atoms with E-state index in [1.807, 2.05) is 43.3 Å². The minimum absolute atomic E-state index is 0.161. The summed E-state index contributed by atoms with van der Waals surface area (Å²) in [5.41, 5.74) is 3.92. The molecule has 10 heteroatoms. The zero-order valence-electron chi connectivity index (χ0n) is 24.9. The molecule has 1 amide bonds. The molecule has 42 heavy (non-hydrogen) atoms. The summed E-state index contributed by atoms with van der Waals surface area (Å²) in [5.74, 6) is -2.16. The Kier molecular flexibility index (Phi) is 11.2. The second kappa shape index (κ2) is 14.6. The monoisotopic (exact) mass is 600 g/mol. The lowest BCUT2D eigenvalue weighted by molar-refractivity contribution is -0.139. The van der Waals surface area contributed by atoms with Gasteiger partial charge in [-0.15, -0.1) is 0 Å². The number of carboxylic acids is 1. The number of carboxylic acid groups (broad SMARTS) is 1. The van der Waals surface area contributed by atoms with Crippen molar-refractivity contribution in [3.8, 4) is 11.1 Å². The minimum Gasteiger partial charge on any atom is -0.480 e. The maximum atomic E-state index is 13.4. The predicted molar refractivity (Wildman–Crippen MR) is 162 cm³/mol. The van der Waals surface area contributed by atoms with Gasteiger partial charge in [0.25, 0.3) is 5.91 Å². The van der Waals surface area contributed by atoms with E-state index in [-0.39, 0.29) is 24.3 Å². The summed E-state index contributed by atoms with van der Waals surface area (Å²) < 4.78 is 35.3. The highest BCUT2D eigenvalue weighted by molar-refractivity contribution is 7.90. The highest BCUT2D eigenvalue weighted by atomic mass is 32.2. The molecule has 230 valence electrons. The van der Waals surface area contributed by atoms with Gasteiger partial charge in [0.1, 0.15) is 15.9 Å². The van der Waals surface area contributed by atoms with Gasteiger partial charge in [-0.05, 0) is 67.0 Å². The molecule has 1 aliphatic carbocycles. The standard InChI is InChI=1S/C32H44N2O7S/c1-22-9-7-8-12-27(22)29-17-23(13-14-28(29)31(35)33-30(32(36)37)15-16-42(3,38)39)19-34-20-26(18-24(34)21-40-2)41-25-10-5-4-6-11-25/h7-9,12-14,17,24-26,30H,4-6,10-11,15-16,18-21H2,1-3H3,(H,33,35)(H,36,37)/t24-,26?,30?/m0/s1. The molecule has 0 aromatic heterocycles. The highest BCUT2D eigenvalue weighted by Crippen LogP contribution is 2.31. The molecule has 1 saturated carbocycles. The topological polar surface area (TPSA) is 122 Å². The van der Waals surface area contributed by atoms with Crippen molar-refractivity contribution >= 4 is 21.7 Å². The van der Waals surface area contributed by atoms with Crippen molar-refractivity contribution in [2.75, 3.05) is 32.3 Å². The van der Waals surface area contributed by atoms with E-state index >= 15 is 0 Å². The largest absolute Gasteiger partial charge is 0.480 e. The summed E-state index contributed by atoms with van der Waals surface area (Å²) in [6.45, 7) is 4.05. The maximum Gasteiger partial charge on any atom is 0.326 e. The van der Waals surface area contributed by atoms with Crippen molar-refractivity contribution < 1.29 is 32.6 Å². The lowest BCUT2D eigenvalue weighted by Gasteiger charge is -2.26. The van der Waals surface area contributed by atoms with Crippen LogP contribution in [0.2, 0.25) is 0 Å². The van der Waals surface area contributed by atoms with E-state index in [9.17, 15) is 23.1 Å². The van der Waals surface area contributed by atoms with E-state index in [1.165, 1.54) is 19.3 Å². The third-order valence-corrected chi connectivity index (χ3v) is 9.29. The summed E-state index contributed by atoms with van der Waals surface area (Å²) in [6, 6.07) is 12.3. The zero-order chi connectivity index (χ0) is 30.3. The van der Waals surface area contributed by atoms with Crippen LogP contribution in [0.25, 0.3) is 11.1 Å². The van der Waals surface area contributed by atoms with Gasteiger partial charge in [-0.3, -0.25) is 9.69 Å². The van der Waals surface area contributed by atoms with Gasteiger partial charge in [0.05, 0.1) is 24.6 Å². The summed E-state index contributed by atoms with van der Waals surface area (Å²) in [5, 5.41) is 12.2. The number of aliphatic carboxylic acids is 1. The van der Waals surface area contributed by atoms with Crippen molar-refractivity contribution in [2.24, 2.45) is 0 Å².